The molecule has 2 N–H and O–H groups in total. The van der Waals surface area contributed by atoms with E-state index in [-0.39, 0.29) is 36.7 Å². The Bertz CT molecular complexity index is 1420. The third kappa shape index (κ3) is 5.89. The van der Waals surface area contributed by atoms with Gasteiger partial charge in [0.25, 0.3) is 0 Å². The predicted molar refractivity (Wildman–Crippen MR) is 131 cm³/mol. The van der Waals surface area contributed by atoms with Crippen LogP contribution in [0.15, 0.2) is 36.4 Å². The van der Waals surface area contributed by atoms with Gasteiger partial charge in [-0.2, -0.15) is 0 Å². The van der Waals surface area contributed by atoms with E-state index in [9.17, 15) is 19.8 Å². The van der Waals surface area contributed by atoms with Crippen molar-refractivity contribution in [3.63, 3.8) is 0 Å². The van der Waals surface area contributed by atoms with E-state index in [1.165, 1.54) is 0 Å². The number of hydrogen-bond donors (Lipinski definition) is 2. The van der Waals surface area contributed by atoms with Gasteiger partial charge in [-0.1, -0.05) is 0 Å². The summed E-state index contributed by atoms with van der Waals surface area (Å²) < 4.78 is 0. The van der Waals surface area contributed by atoms with Crippen LogP contribution in [0.2, 0.25) is 0 Å². The minimum atomic E-state index is -1.12. The SMILES string of the molecule is O=C([O-])CCc1cc2cc3nc(cc4nc(cc5cc(CCC(=O)[O-])c(cc1[nH]2)[nH]5)C=C4)C=C3.[Sn+2]. The molecule has 2 aliphatic rings. The van der Waals surface area contributed by atoms with Gasteiger partial charge in [-0.15, -0.1) is 0 Å². The van der Waals surface area contributed by atoms with Crippen LogP contribution in [0.1, 0.15) is 46.7 Å². The van der Waals surface area contributed by atoms with E-state index in [1.54, 1.807) is 0 Å². The van der Waals surface area contributed by atoms with E-state index in [1.807, 2.05) is 60.7 Å². The van der Waals surface area contributed by atoms with Gasteiger partial charge in [0.05, 0.1) is 22.8 Å². The number of aryl methyl sites for hydroxylation is 2. The van der Waals surface area contributed by atoms with Gasteiger partial charge in [0, 0.05) is 34.0 Å². The van der Waals surface area contributed by atoms with Crippen molar-refractivity contribution >= 4 is 82.2 Å². The molecule has 0 atom stereocenters. The molecule has 2 radical (unpaired) electrons. The molecule has 2 aliphatic heterocycles. The normalized spacial score (nSPS) is 11.9. The Balaban J connectivity index is 0.00000289. The second-order valence-electron chi connectivity index (χ2n) is 8.24. The summed E-state index contributed by atoms with van der Waals surface area (Å²) >= 11 is 0. The third-order valence-corrected chi connectivity index (χ3v) is 5.66. The van der Waals surface area contributed by atoms with Crippen molar-refractivity contribution in [2.24, 2.45) is 0 Å². The molecule has 8 bridgehead atoms. The van der Waals surface area contributed by atoms with Gasteiger partial charge < -0.3 is 29.8 Å². The number of aromatic amines is 2. The summed E-state index contributed by atoms with van der Waals surface area (Å²) in [6, 6.07) is 11.3. The average molecular weight is 571 g/mol. The van der Waals surface area contributed by atoms with Gasteiger partial charge in [-0.3, -0.25) is 0 Å². The van der Waals surface area contributed by atoms with Crippen molar-refractivity contribution in [1.29, 1.82) is 0 Å². The number of hydrogen-bond acceptors (Lipinski definition) is 6. The zero-order valence-corrected chi connectivity index (χ0v) is 21.5. The number of carbonyl (C=O) groups excluding carboxylic acids is 2. The Morgan fingerprint density at radius 2 is 1.03 bits per heavy atom. The molecule has 0 saturated heterocycles. The largest absolute Gasteiger partial charge is 2.00 e. The molecule has 0 saturated carbocycles. The van der Waals surface area contributed by atoms with Crippen LogP contribution >= 0.6 is 0 Å². The minimum Gasteiger partial charge on any atom is -0.550 e. The zero-order valence-electron chi connectivity index (χ0n) is 18.6. The summed E-state index contributed by atoms with van der Waals surface area (Å²) in [5.41, 5.74) is 7.72. The molecule has 0 aromatic carbocycles. The number of aromatic nitrogens is 4. The molecule has 8 nitrogen and oxygen atoms in total. The summed E-state index contributed by atoms with van der Waals surface area (Å²) in [6.45, 7) is 0. The van der Waals surface area contributed by atoms with Gasteiger partial charge in [-0.25, -0.2) is 9.97 Å². The first kappa shape index (κ1) is 24.5. The first-order chi connectivity index (χ1) is 16.4. The zero-order chi connectivity index (χ0) is 23.7. The first-order valence-electron chi connectivity index (χ1n) is 10.9. The number of carbonyl (C=O) groups is 2. The molecule has 3 aromatic rings. The summed E-state index contributed by atoms with van der Waals surface area (Å²) in [5, 5.41) is 22.2. The molecule has 5 rings (SSSR count). The van der Waals surface area contributed by atoms with Crippen LogP contribution in [0.3, 0.4) is 0 Å². The van der Waals surface area contributed by atoms with E-state index in [0.717, 1.165) is 56.0 Å². The van der Waals surface area contributed by atoms with Crippen molar-refractivity contribution < 1.29 is 19.8 Å². The summed E-state index contributed by atoms with van der Waals surface area (Å²) in [5.74, 6) is -2.25. The molecule has 0 unspecified atom stereocenters. The Morgan fingerprint density at radius 3 is 1.43 bits per heavy atom. The fourth-order valence-corrected chi connectivity index (χ4v) is 4.10. The van der Waals surface area contributed by atoms with E-state index in [0.29, 0.717) is 12.8 Å². The standard InChI is InChI=1S/C26H22N4O4.Sn/c31-25(32)7-1-15-9-21-12-19-5-3-17(27-19)11-18-4-6-20(28-18)13-22-10-16(2-8-26(33)34)24(30-22)14-23(15)29-21;/h3-6,9-14,29-30H,1-2,7-8H2,(H,31,32)(H,33,34);/q;+2/p-2. The van der Waals surface area contributed by atoms with Gasteiger partial charge in [0.1, 0.15) is 0 Å². The maximum atomic E-state index is 11.1. The second kappa shape index (κ2) is 10.3. The second-order valence-corrected chi connectivity index (χ2v) is 8.24. The average Bonchev–Trinajstić information content (AvgIpc) is 3.55. The van der Waals surface area contributed by atoms with Crippen molar-refractivity contribution in [3.05, 3.63) is 70.3 Å². The molecule has 9 heteroatoms. The number of fused-ring (bicyclic) bond motifs is 8. The van der Waals surface area contributed by atoms with Crippen LogP contribution in [0.25, 0.3) is 46.4 Å². The maximum absolute atomic E-state index is 11.1. The summed E-state index contributed by atoms with van der Waals surface area (Å²) in [4.78, 5) is 38.1. The molecular weight excluding hydrogens is 551 g/mol. The number of carboxylic acid groups (broad SMARTS) is 2. The van der Waals surface area contributed by atoms with Crippen molar-refractivity contribution in [1.82, 2.24) is 19.9 Å². The molecule has 0 amide bonds. The molecule has 0 aliphatic carbocycles. The van der Waals surface area contributed by atoms with E-state index in [2.05, 4.69) is 19.9 Å². The molecular formula is C26H20N4O4Sn. The number of H-pyrrole nitrogens is 2. The molecule has 3 aromatic heterocycles. The third-order valence-electron chi connectivity index (χ3n) is 5.66. The molecule has 0 fully saturated rings. The number of rotatable bonds is 6. The Morgan fingerprint density at radius 1 is 0.629 bits per heavy atom. The van der Waals surface area contributed by atoms with Gasteiger partial charge in [0.2, 0.25) is 0 Å². The van der Waals surface area contributed by atoms with Crippen molar-refractivity contribution in [3.8, 4) is 0 Å². The molecule has 5 heterocycles. The van der Waals surface area contributed by atoms with Crippen LogP contribution in [0.4, 0.5) is 0 Å². The molecule has 35 heavy (non-hydrogen) atoms. The predicted octanol–water partition coefficient (Wildman–Crippen LogP) is 1.64. The van der Waals surface area contributed by atoms with Crippen LogP contribution < -0.4 is 10.2 Å². The quantitative estimate of drug-likeness (QED) is 0.298. The van der Waals surface area contributed by atoms with Crippen molar-refractivity contribution in [2.75, 3.05) is 0 Å². The Kier molecular flexibility index (Phi) is 7.20. The van der Waals surface area contributed by atoms with Crippen molar-refractivity contribution in [2.45, 2.75) is 25.7 Å². The molecule has 0 spiro atoms. The van der Waals surface area contributed by atoms with Gasteiger partial charge in [-0.05, 0) is 97.5 Å². The summed E-state index contributed by atoms with van der Waals surface area (Å²) in [6.07, 6.45) is 7.99. The van der Waals surface area contributed by atoms with E-state index >= 15 is 0 Å². The Hall–Kier alpha value is -3.66. The van der Waals surface area contributed by atoms with Crippen LogP contribution in [0, 0.1) is 0 Å². The van der Waals surface area contributed by atoms with Gasteiger partial charge in [0.15, 0.2) is 0 Å². The van der Waals surface area contributed by atoms with Crippen LogP contribution in [-0.4, -0.2) is 55.8 Å². The number of nitrogens with zero attached hydrogens (tertiary/aromatic N) is 2. The smallest absolute Gasteiger partial charge is 0.550 e. The molecule has 172 valence electrons. The fourth-order valence-electron chi connectivity index (χ4n) is 4.10. The summed E-state index contributed by atoms with van der Waals surface area (Å²) in [7, 11) is 0. The minimum absolute atomic E-state index is 0. The Labute approximate surface area is 217 Å². The number of nitrogens with one attached hydrogen (secondary N) is 2. The first-order valence-corrected chi connectivity index (χ1v) is 10.9. The van der Waals surface area contributed by atoms with E-state index < -0.39 is 11.9 Å². The van der Waals surface area contributed by atoms with Crippen LogP contribution in [0.5, 0.6) is 0 Å². The van der Waals surface area contributed by atoms with E-state index in [4.69, 9.17) is 0 Å². The topological polar surface area (TPSA) is 138 Å². The maximum Gasteiger partial charge on any atom is 2.00 e. The number of aliphatic carboxylic acids is 2. The fraction of sp³-hybridized carbons (Fsp3) is 0.154. The number of carboxylic acids is 2. The monoisotopic (exact) mass is 572 g/mol. The van der Waals surface area contributed by atoms with Crippen LogP contribution in [-0.2, 0) is 22.4 Å². The van der Waals surface area contributed by atoms with Gasteiger partial charge >= 0.3 is 23.9 Å².